The standard InChI is InChI=1S/C22H19N3O3S4/c1-15-4-10-18(11-5-15)32(27,28)25-16-6-8-17(9-7-16)30-14-21(26)24-22-23-19(13-31-22)20-3-2-12-29-20/h2-13,25H,14H2,1H3,(H,23,24,26). The average molecular weight is 502 g/mol. The number of nitrogens with zero attached hydrogens (tertiary/aromatic N) is 1. The first-order valence-corrected chi connectivity index (χ1v) is 13.7. The molecule has 2 aromatic carbocycles. The number of aryl methyl sites for hydroxylation is 1. The van der Waals surface area contributed by atoms with Crippen molar-refractivity contribution in [2.75, 3.05) is 15.8 Å². The molecule has 0 saturated carbocycles. The van der Waals surface area contributed by atoms with Crippen molar-refractivity contribution in [2.45, 2.75) is 16.7 Å². The minimum absolute atomic E-state index is 0.147. The van der Waals surface area contributed by atoms with Crippen LogP contribution in [-0.2, 0) is 14.8 Å². The maximum Gasteiger partial charge on any atom is 0.261 e. The van der Waals surface area contributed by atoms with E-state index in [1.54, 1.807) is 59.9 Å². The van der Waals surface area contributed by atoms with E-state index in [2.05, 4.69) is 15.0 Å². The van der Waals surface area contributed by atoms with Crippen molar-refractivity contribution in [1.29, 1.82) is 0 Å². The van der Waals surface area contributed by atoms with Crippen molar-refractivity contribution in [2.24, 2.45) is 0 Å². The third-order valence-corrected chi connectivity index (χ3v) is 8.39. The molecule has 2 heterocycles. The molecule has 4 aromatic rings. The topological polar surface area (TPSA) is 88.2 Å². The molecule has 10 heteroatoms. The first kappa shape index (κ1) is 22.5. The number of sulfonamides is 1. The highest BCUT2D eigenvalue weighted by atomic mass is 32.2. The van der Waals surface area contributed by atoms with E-state index in [1.807, 2.05) is 29.8 Å². The highest BCUT2D eigenvalue weighted by Gasteiger charge is 2.14. The Balaban J connectivity index is 1.30. The van der Waals surface area contributed by atoms with Crippen LogP contribution >= 0.6 is 34.4 Å². The van der Waals surface area contributed by atoms with E-state index in [0.717, 1.165) is 21.0 Å². The number of hydrogen-bond acceptors (Lipinski definition) is 7. The highest BCUT2D eigenvalue weighted by molar-refractivity contribution is 8.00. The monoisotopic (exact) mass is 501 g/mol. The lowest BCUT2D eigenvalue weighted by molar-refractivity contribution is -0.113. The van der Waals surface area contributed by atoms with Gasteiger partial charge < -0.3 is 5.32 Å². The molecule has 0 aliphatic heterocycles. The summed E-state index contributed by atoms with van der Waals surface area (Å²) >= 11 is 4.36. The predicted molar refractivity (Wildman–Crippen MR) is 133 cm³/mol. The van der Waals surface area contributed by atoms with Gasteiger partial charge in [-0.3, -0.25) is 9.52 Å². The molecule has 6 nitrogen and oxygen atoms in total. The Morgan fingerprint density at radius 1 is 1.03 bits per heavy atom. The van der Waals surface area contributed by atoms with Gasteiger partial charge in [-0.2, -0.15) is 0 Å². The number of carbonyl (C=O) groups is 1. The van der Waals surface area contributed by atoms with Crippen LogP contribution in [0.15, 0.2) is 81.2 Å². The molecule has 2 aromatic heterocycles. The van der Waals surface area contributed by atoms with Crippen LogP contribution in [0, 0.1) is 6.92 Å². The van der Waals surface area contributed by atoms with Crippen LogP contribution in [0.2, 0.25) is 0 Å². The maximum absolute atomic E-state index is 12.5. The average Bonchev–Trinajstić information content (AvgIpc) is 3.45. The van der Waals surface area contributed by atoms with E-state index in [0.29, 0.717) is 10.8 Å². The number of carbonyl (C=O) groups excluding carboxylic acids is 1. The SMILES string of the molecule is Cc1ccc(S(=O)(=O)Nc2ccc(SCC(=O)Nc3nc(-c4cccs4)cs3)cc2)cc1. The predicted octanol–water partition coefficient (Wildman–Crippen LogP) is 5.71. The zero-order valence-electron chi connectivity index (χ0n) is 16.9. The number of hydrogen-bond donors (Lipinski definition) is 2. The molecule has 0 aliphatic rings. The molecule has 164 valence electrons. The van der Waals surface area contributed by atoms with Gasteiger partial charge in [-0.1, -0.05) is 23.8 Å². The van der Waals surface area contributed by atoms with Gasteiger partial charge >= 0.3 is 0 Å². The fourth-order valence-electron chi connectivity index (χ4n) is 2.72. The number of thioether (sulfide) groups is 1. The number of nitrogens with one attached hydrogen (secondary N) is 2. The van der Waals surface area contributed by atoms with Gasteiger partial charge in [-0.15, -0.1) is 34.4 Å². The quantitative estimate of drug-likeness (QED) is 0.302. The third kappa shape index (κ3) is 5.77. The second kappa shape index (κ2) is 9.86. The molecule has 0 unspecified atom stereocenters. The molecule has 0 radical (unpaired) electrons. The summed E-state index contributed by atoms with van der Waals surface area (Å²) in [7, 11) is -3.64. The van der Waals surface area contributed by atoms with Crippen molar-refractivity contribution >= 4 is 61.2 Å². The summed E-state index contributed by atoms with van der Waals surface area (Å²) in [5.74, 6) is 0.0775. The third-order valence-electron chi connectivity index (χ3n) is 4.33. The Kier molecular flexibility index (Phi) is 6.95. The number of amides is 1. The van der Waals surface area contributed by atoms with Gasteiger partial charge in [0.1, 0.15) is 0 Å². The molecule has 1 amide bonds. The van der Waals surface area contributed by atoms with Crippen LogP contribution in [0.1, 0.15) is 5.56 Å². The fraction of sp³-hybridized carbons (Fsp3) is 0.0909. The van der Waals surface area contributed by atoms with E-state index in [9.17, 15) is 13.2 Å². The van der Waals surface area contributed by atoms with Crippen molar-refractivity contribution in [3.05, 3.63) is 77.0 Å². The lowest BCUT2D eigenvalue weighted by Gasteiger charge is -2.09. The largest absolute Gasteiger partial charge is 0.301 e. The van der Waals surface area contributed by atoms with E-state index in [1.165, 1.54) is 23.1 Å². The normalized spacial score (nSPS) is 11.3. The molecule has 0 bridgehead atoms. The van der Waals surface area contributed by atoms with Crippen LogP contribution in [0.3, 0.4) is 0 Å². The Morgan fingerprint density at radius 2 is 1.78 bits per heavy atom. The van der Waals surface area contributed by atoms with Crippen LogP contribution in [0.4, 0.5) is 10.8 Å². The van der Waals surface area contributed by atoms with Gasteiger partial charge in [0.25, 0.3) is 10.0 Å². The lowest BCUT2D eigenvalue weighted by Crippen LogP contribution is -2.14. The Labute approximate surface area is 198 Å². The van der Waals surface area contributed by atoms with Gasteiger partial charge in [0.2, 0.25) is 5.91 Å². The number of thiazole rings is 1. The minimum atomic E-state index is -3.64. The Hall–Kier alpha value is -2.66. The number of aromatic nitrogens is 1. The summed E-state index contributed by atoms with van der Waals surface area (Å²) in [6.45, 7) is 1.90. The summed E-state index contributed by atoms with van der Waals surface area (Å²) in [5.41, 5.74) is 2.31. The molecule has 0 spiro atoms. The number of thiophene rings is 1. The number of anilines is 2. The van der Waals surface area contributed by atoms with Crippen LogP contribution in [0.5, 0.6) is 0 Å². The highest BCUT2D eigenvalue weighted by Crippen LogP contribution is 2.28. The van der Waals surface area contributed by atoms with Crippen LogP contribution in [0.25, 0.3) is 10.6 Å². The summed E-state index contributed by atoms with van der Waals surface area (Å²) in [6.07, 6.45) is 0. The Morgan fingerprint density at radius 3 is 2.47 bits per heavy atom. The van der Waals surface area contributed by atoms with Crippen molar-refractivity contribution in [1.82, 2.24) is 4.98 Å². The second-order valence-corrected chi connectivity index (χ2v) is 11.3. The number of rotatable bonds is 8. The maximum atomic E-state index is 12.5. The smallest absolute Gasteiger partial charge is 0.261 e. The van der Waals surface area contributed by atoms with Gasteiger partial charge in [-0.25, -0.2) is 13.4 Å². The summed E-state index contributed by atoms with van der Waals surface area (Å²) < 4.78 is 27.5. The van der Waals surface area contributed by atoms with Gasteiger partial charge in [-0.05, 0) is 54.8 Å². The van der Waals surface area contributed by atoms with Crippen LogP contribution < -0.4 is 10.0 Å². The molecule has 0 atom stereocenters. The minimum Gasteiger partial charge on any atom is -0.301 e. The fourth-order valence-corrected chi connectivity index (χ4v) is 5.97. The van der Waals surface area contributed by atoms with E-state index < -0.39 is 10.0 Å². The molecule has 4 rings (SSSR count). The Bertz CT molecular complexity index is 1300. The summed E-state index contributed by atoms with van der Waals surface area (Å²) in [4.78, 5) is 18.8. The summed E-state index contributed by atoms with van der Waals surface area (Å²) in [6, 6.07) is 17.5. The van der Waals surface area contributed by atoms with Crippen LogP contribution in [-0.4, -0.2) is 25.1 Å². The van der Waals surface area contributed by atoms with Crippen molar-refractivity contribution < 1.29 is 13.2 Å². The van der Waals surface area contributed by atoms with Crippen molar-refractivity contribution in [3.63, 3.8) is 0 Å². The van der Waals surface area contributed by atoms with Crippen molar-refractivity contribution in [3.8, 4) is 10.6 Å². The molecule has 0 fully saturated rings. The van der Waals surface area contributed by atoms with E-state index in [4.69, 9.17) is 0 Å². The molecule has 0 saturated heterocycles. The first-order valence-electron chi connectivity index (χ1n) is 9.51. The first-order chi connectivity index (χ1) is 15.4. The zero-order chi connectivity index (χ0) is 22.6. The zero-order valence-corrected chi connectivity index (χ0v) is 20.2. The van der Waals surface area contributed by atoms with E-state index in [-0.39, 0.29) is 16.6 Å². The van der Waals surface area contributed by atoms with Gasteiger partial charge in [0, 0.05) is 16.0 Å². The van der Waals surface area contributed by atoms with Gasteiger partial charge in [0.15, 0.2) is 5.13 Å². The molecule has 2 N–H and O–H groups in total. The van der Waals surface area contributed by atoms with E-state index >= 15 is 0 Å². The molecule has 0 aliphatic carbocycles. The second-order valence-electron chi connectivity index (χ2n) is 6.79. The number of benzene rings is 2. The summed E-state index contributed by atoms with van der Waals surface area (Å²) in [5, 5.41) is 7.30. The molecular weight excluding hydrogens is 483 g/mol. The lowest BCUT2D eigenvalue weighted by atomic mass is 10.2. The van der Waals surface area contributed by atoms with Gasteiger partial charge in [0.05, 0.1) is 21.2 Å². The molecular formula is C22H19N3O3S4. The molecule has 32 heavy (non-hydrogen) atoms.